The van der Waals surface area contributed by atoms with E-state index in [1.807, 2.05) is 0 Å². The zero-order chi connectivity index (χ0) is 23.0. The lowest BCUT2D eigenvalue weighted by Crippen LogP contribution is -2.32. The number of pyridine rings is 1. The van der Waals surface area contributed by atoms with Crippen LogP contribution in [-0.4, -0.2) is 0 Å². The van der Waals surface area contributed by atoms with E-state index in [1.54, 1.807) is 0 Å². The number of rotatable bonds is 2. The molecule has 1 saturated carbocycles. The van der Waals surface area contributed by atoms with Crippen molar-refractivity contribution in [2.45, 2.75) is 46.0 Å². The van der Waals surface area contributed by atoms with E-state index in [9.17, 15) is 0 Å². The van der Waals surface area contributed by atoms with Crippen molar-refractivity contribution in [3.05, 3.63) is 77.5 Å². The van der Waals surface area contributed by atoms with Crippen LogP contribution in [0.25, 0.3) is 43.6 Å². The van der Waals surface area contributed by atoms with Crippen LogP contribution in [0.4, 0.5) is 0 Å². The standard InChI is InChI=1S/C32H30NO/c1-19-26-17-23-10-6-7-11-24(23)18-27(26)20(2)32-29(19)31-30-25(12-13-33(31)3)15-22(16-28(30)34-32)14-21-8-4-5-9-21/h6-7,10-13,15-18,21H,4-5,8-9,14H2,1-3H3/q+1. The summed E-state index contributed by atoms with van der Waals surface area (Å²) in [5.74, 6) is 2.86. The molecule has 2 heteroatoms. The van der Waals surface area contributed by atoms with Crippen LogP contribution in [0.2, 0.25) is 0 Å². The Hall–Kier alpha value is -3.39. The van der Waals surface area contributed by atoms with Crippen LogP contribution in [0.3, 0.4) is 0 Å². The quantitative estimate of drug-likeness (QED) is 0.194. The number of hydrogen-bond acceptors (Lipinski definition) is 1. The number of benzene rings is 4. The molecule has 0 bridgehead atoms. The first kappa shape index (κ1) is 20.0. The topological polar surface area (TPSA) is 13.1 Å². The van der Waals surface area contributed by atoms with Gasteiger partial charge >= 0.3 is 0 Å². The third kappa shape index (κ3) is 2.84. The van der Waals surface area contributed by atoms with Gasteiger partial charge in [0.15, 0.2) is 6.20 Å². The Labute approximate surface area is 200 Å². The fraction of sp³-hybridized carbons (Fsp3) is 0.281. The highest BCUT2D eigenvalue weighted by molar-refractivity contribution is 6.09. The zero-order valence-electron chi connectivity index (χ0n) is 20.2. The molecule has 7 rings (SSSR count). The molecule has 0 N–H and O–H groups in total. The van der Waals surface area contributed by atoms with Gasteiger partial charge < -0.3 is 4.74 Å². The largest absolute Gasteiger partial charge is 0.455 e. The molecule has 5 aromatic rings. The zero-order valence-corrected chi connectivity index (χ0v) is 20.2. The molecule has 0 radical (unpaired) electrons. The van der Waals surface area contributed by atoms with Gasteiger partial charge in [-0.2, -0.15) is 0 Å². The van der Waals surface area contributed by atoms with Gasteiger partial charge in [0.25, 0.3) is 0 Å². The van der Waals surface area contributed by atoms with E-state index < -0.39 is 0 Å². The molecule has 1 fully saturated rings. The first-order chi connectivity index (χ1) is 16.6. The van der Waals surface area contributed by atoms with Crippen LogP contribution in [0, 0.1) is 19.8 Å². The van der Waals surface area contributed by atoms with Gasteiger partial charge in [-0.15, -0.1) is 0 Å². The van der Waals surface area contributed by atoms with Crippen molar-refractivity contribution in [1.82, 2.24) is 0 Å². The number of hydrogen-bond donors (Lipinski definition) is 0. The minimum absolute atomic E-state index is 0.820. The number of aromatic nitrogens is 1. The first-order valence-corrected chi connectivity index (χ1v) is 12.7. The van der Waals surface area contributed by atoms with E-state index in [-0.39, 0.29) is 0 Å². The van der Waals surface area contributed by atoms with Gasteiger partial charge in [-0.3, -0.25) is 0 Å². The summed E-state index contributed by atoms with van der Waals surface area (Å²) in [5, 5.41) is 7.70. The fourth-order valence-electron chi connectivity index (χ4n) is 6.57. The minimum atomic E-state index is 0.820. The highest BCUT2D eigenvalue weighted by Crippen LogP contribution is 2.51. The van der Waals surface area contributed by atoms with Crippen LogP contribution >= 0.6 is 0 Å². The van der Waals surface area contributed by atoms with Crippen molar-refractivity contribution in [2.24, 2.45) is 13.0 Å². The SMILES string of the molecule is Cc1c2c(c(C)c3cc4ccccc4cc13)-c1c3c(cc(CC4CCCC4)cc3cc[n+]1C)O2. The summed E-state index contributed by atoms with van der Waals surface area (Å²) in [7, 11) is 2.17. The second-order valence-electron chi connectivity index (χ2n) is 10.5. The Bertz CT molecular complexity index is 1640. The maximum atomic E-state index is 6.83. The molecule has 0 unspecified atom stereocenters. The number of nitrogens with zero attached hydrogens (tertiary/aromatic N) is 1. The van der Waals surface area contributed by atoms with Crippen molar-refractivity contribution in [2.75, 3.05) is 0 Å². The van der Waals surface area contributed by atoms with Crippen molar-refractivity contribution in [3.63, 3.8) is 0 Å². The summed E-state index contributed by atoms with van der Waals surface area (Å²) in [6.45, 7) is 4.49. The number of ether oxygens (including phenoxy) is 1. The van der Waals surface area contributed by atoms with Gasteiger partial charge in [0, 0.05) is 11.6 Å². The van der Waals surface area contributed by atoms with Gasteiger partial charge in [-0.05, 0) is 82.4 Å². The summed E-state index contributed by atoms with van der Waals surface area (Å²) in [5.41, 5.74) is 6.45. The molecule has 2 aliphatic rings. The highest BCUT2D eigenvalue weighted by Gasteiger charge is 2.32. The lowest BCUT2D eigenvalue weighted by Gasteiger charge is -2.25. The maximum Gasteiger partial charge on any atom is 0.228 e. The van der Waals surface area contributed by atoms with E-state index in [2.05, 4.69) is 86.3 Å². The molecule has 1 aliphatic carbocycles. The molecule has 4 aromatic carbocycles. The van der Waals surface area contributed by atoms with Gasteiger partial charge in [0.1, 0.15) is 18.5 Å². The van der Waals surface area contributed by atoms with E-state index in [0.717, 1.165) is 23.8 Å². The molecule has 1 aromatic heterocycles. The van der Waals surface area contributed by atoms with Crippen molar-refractivity contribution >= 4 is 32.3 Å². The van der Waals surface area contributed by atoms with E-state index in [1.165, 1.54) is 85.9 Å². The Kier molecular flexibility index (Phi) is 4.30. The Morgan fingerprint density at radius 2 is 1.56 bits per heavy atom. The predicted molar refractivity (Wildman–Crippen MR) is 141 cm³/mol. The summed E-state index contributed by atoms with van der Waals surface area (Å²) >= 11 is 0. The lowest BCUT2D eigenvalue weighted by atomic mass is 9.87. The van der Waals surface area contributed by atoms with Crippen LogP contribution < -0.4 is 9.30 Å². The second-order valence-corrected chi connectivity index (χ2v) is 10.5. The number of aryl methyl sites for hydroxylation is 3. The predicted octanol–water partition coefficient (Wildman–Crippen LogP) is 8.09. The van der Waals surface area contributed by atoms with Crippen molar-refractivity contribution < 1.29 is 9.30 Å². The molecular weight excluding hydrogens is 414 g/mol. The molecule has 34 heavy (non-hydrogen) atoms. The molecule has 0 atom stereocenters. The Balaban J connectivity index is 1.52. The molecule has 0 saturated heterocycles. The van der Waals surface area contributed by atoms with Gasteiger partial charge in [-0.25, -0.2) is 4.57 Å². The summed E-state index contributed by atoms with van der Waals surface area (Å²) in [6.07, 6.45) is 8.88. The van der Waals surface area contributed by atoms with E-state index in [4.69, 9.17) is 4.74 Å². The summed E-state index contributed by atoms with van der Waals surface area (Å²) < 4.78 is 9.11. The van der Waals surface area contributed by atoms with Gasteiger partial charge in [-0.1, -0.05) is 56.0 Å². The summed E-state index contributed by atoms with van der Waals surface area (Å²) in [6, 6.07) is 20.3. The molecule has 2 nitrogen and oxygen atoms in total. The molecular formula is C32H30NO+. The normalized spacial score (nSPS) is 15.3. The lowest BCUT2D eigenvalue weighted by molar-refractivity contribution is -0.659. The summed E-state index contributed by atoms with van der Waals surface area (Å²) in [4.78, 5) is 0. The number of fused-ring (bicyclic) bond motifs is 4. The third-order valence-corrected chi connectivity index (χ3v) is 8.34. The van der Waals surface area contributed by atoms with Crippen LogP contribution in [0.1, 0.15) is 42.4 Å². The Morgan fingerprint density at radius 1 is 0.853 bits per heavy atom. The average molecular weight is 445 g/mol. The van der Waals surface area contributed by atoms with E-state index >= 15 is 0 Å². The highest BCUT2D eigenvalue weighted by atomic mass is 16.5. The Morgan fingerprint density at radius 3 is 2.29 bits per heavy atom. The third-order valence-electron chi connectivity index (χ3n) is 8.34. The van der Waals surface area contributed by atoms with Crippen LogP contribution in [0.5, 0.6) is 11.5 Å². The molecule has 168 valence electrons. The van der Waals surface area contributed by atoms with Crippen LogP contribution in [0.15, 0.2) is 60.8 Å². The van der Waals surface area contributed by atoms with Crippen molar-refractivity contribution in [3.8, 4) is 22.8 Å². The van der Waals surface area contributed by atoms with E-state index in [0.29, 0.717) is 0 Å². The van der Waals surface area contributed by atoms with Crippen molar-refractivity contribution in [1.29, 1.82) is 0 Å². The monoisotopic (exact) mass is 444 g/mol. The molecule has 2 heterocycles. The maximum absolute atomic E-state index is 6.83. The second kappa shape index (κ2) is 7.30. The molecule has 0 spiro atoms. The smallest absolute Gasteiger partial charge is 0.228 e. The van der Waals surface area contributed by atoms with Gasteiger partial charge in [0.05, 0.1) is 10.9 Å². The fourth-order valence-corrected chi connectivity index (χ4v) is 6.57. The van der Waals surface area contributed by atoms with Crippen LogP contribution in [-0.2, 0) is 13.5 Å². The van der Waals surface area contributed by atoms with Gasteiger partial charge in [0.2, 0.25) is 5.69 Å². The first-order valence-electron chi connectivity index (χ1n) is 12.7. The minimum Gasteiger partial charge on any atom is -0.455 e. The molecule has 0 amide bonds. The molecule has 1 aliphatic heterocycles. The average Bonchev–Trinajstić information content (AvgIpc) is 3.36.